The van der Waals surface area contributed by atoms with E-state index in [1.807, 2.05) is 34.9 Å². The molecule has 0 spiro atoms. The summed E-state index contributed by atoms with van der Waals surface area (Å²) in [6.07, 6.45) is 4.61. The van der Waals surface area contributed by atoms with Gasteiger partial charge in [-0.3, -0.25) is 10.1 Å². The molecule has 0 unspecified atom stereocenters. The third-order valence-electron chi connectivity index (χ3n) is 3.66. The zero-order valence-electron chi connectivity index (χ0n) is 12.0. The number of rotatable bonds is 4. The van der Waals surface area contributed by atoms with Gasteiger partial charge in [0, 0.05) is 23.2 Å². The van der Waals surface area contributed by atoms with E-state index in [2.05, 4.69) is 22.1 Å². The van der Waals surface area contributed by atoms with Gasteiger partial charge >= 0.3 is 5.69 Å². The lowest BCUT2D eigenvalue weighted by atomic mass is 10.1. The van der Waals surface area contributed by atoms with Gasteiger partial charge in [0.2, 0.25) is 5.82 Å². The lowest BCUT2D eigenvalue weighted by Crippen LogP contribution is -2.35. The van der Waals surface area contributed by atoms with Crippen LogP contribution in [0.25, 0.3) is 0 Å². The highest BCUT2D eigenvalue weighted by atomic mass is 32.2. The van der Waals surface area contributed by atoms with Crippen LogP contribution in [0.1, 0.15) is 12.8 Å². The summed E-state index contributed by atoms with van der Waals surface area (Å²) in [7, 11) is 0. The van der Waals surface area contributed by atoms with Crippen LogP contribution >= 0.6 is 11.8 Å². The molecule has 0 atom stereocenters. The van der Waals surface area contributed by atoms with Gasteiger partial charge in [0.15, 0.2) is 0 Å². The molecule has 0 aliphatic carbocycles. The number of nitrogens with zero attached hydrogens (tertiary/aromatic N) is 4. The average molecular weight is 316 g/mol. The summed E-state index contributed by atoms with van der Waals surface area (Å²) in [5, 5.41) is 11.6. The van der Waals surface area contributed by atoms with Crippen LogP contribution < -0.4 is 4.90 Å². The summed E-state index contributed by atoms with van der Waals surface area (Å²) in [5.74, 6) is 0.433. The molecule has 6 nitrogen and oxygen atoms in total. The molecule has 1 aromatic carbocycles. The second-order valence-electron chi connectivity index (χ2n) is 5.11. The number of aromatic nitrogens is 2. The Morgan fingerprint density at radius 3 is 2.64 bits per heavy atom. The Morgan fingerprint density at radius 1 is 1.23 bits per heavy atom. The van der Waals surface area contributed by atoms with Crippen LogP contribution in [-0.4, -0.2) is 33.2 Å². The first-order valence-electron chi connectivity index (χ1n) is 7.15. The molecule has 2 aromatic rings. The number of anilines is 1. The normalized spacial score (nSPS) is 15.7. The zero-order valence-corrected chi connectivity index (χ0v) is 12.8. The number of piperidine rings is 1. The summed E-state index contributed by atoms with van der Waals surface area (Å²) in [5.41, 5.74) is -0.0170. The largest absolute Gasteiger partial charge is 0.351 e. The molecule has 0 amide bonds. The highest BCUT2D eigenvalue weighted by Crippen LogP contribution is 2.33. The maximum absolute atomic E-state index is 11.1. The van der Waals surface area contributed by atoms with Crippen LogP contribution in [-0.2, 0) is 0 Å². The van der Waals surface area contributed by atoms with E-state index in [-0.39, 0.29) is 5.69 Å². The molecular formula is C15H16N4O2S. The summed E-state index contributed by atoms with van der Waals surface area (Å²) < 4.78 is 0. The highest BCUT2D eigenvalue weighted by Gasteiger charge is 2.26. The molecule has 1 aliphatic rings. The molecule has 0 N–H and O–H groups in total. The Labute approximate surface area is 132 Å². The fraction of sp³-hybridized carbons (Fsp3) is 0.333. The molecule has 1 fully saturated rings. The van der Waals surface area contributed by atoms with Gasteiger partial charge in [0.1, 0.15) is 12.5 Å². The first kappa shape index (κ1) is 14.8. The second-order valence-corrected chi connectivity index (χ2v) is 6.48. The SMILES string of the molecule is O=[N+]([O-])c1cncnc1N1CCC(Sc2ccccc2)CC1. The van der Waals surface area contributed by atoms with Gasteiger partial charge in [0.05, 0.1) is 4.92 Å². The third-order valence-corrected chi connectivity index (χ3v) is 5.01. The highest BCUT2D eigenvalue weighted by molar-refractivity contribution is 8.00. The summed E-state index contributed by atoms with van der Waals surface area (Å²) in [6.45, 7) is 1.56. The van der Waals surface area contributed by atoms with Gasteiger partial charge in [-0.25, -0.2) is 9.97 Å². The van der Waals surface area contributed by atoms with E-state index in [0.717, 1.165) is 25.9 Å². The van der Waals surface area contributed by atoms with E-state index in [1.54, 1.807) is 0 Å². The van der Waals surface area contributed by atoms with Crippen LogP contribution in [0.4, 0.5) is 11.5 Å². The van der Waals surface area contributed by atoms with Crippen molar-refractivity contribution in [2.45, 2.75) is 23.0 Å². The number of hydrogen-bond acceptors (Lipinski definition) is 6. The Morgan fingerprint density at radius 2 is 1.95 bits per heavy atom. The quantitative estimate of drug-likeness (QED) is 0.637. The number of nitro groups is 1. The van der Waals surface area contributed by atoms with E-state index in [9.17, 15) is 10.1 Å². The Kier molecular flexibility index (Phi) is 4.53. The van der Waals surface area contributed by atoms with Gasteiger partial charge in [-0.2, -0.15) is 0 Å². The topological polar surface area (TPSA) is 72.2 Å². The minimum atomic E-state index is -0.417. The van der Waals surface area contributed by atoms with Crippen LogP contribution in [0.2, 0.25) is 0 Å². The molecule has 1 aliphatic heterocycles. The van der Waals surface area contributed by atoms with E-state index >= 15 is 0 Å². The van der Waals surface area contributed by atoms with Gasteiger partial charge in [0.25, 0.3) is 0 Å². The predicted octanol–water partition coefficient (Wildman–Crippen LogP) is 3.15. The minimum absolute atomic E-state index is 0.0170. The minimum Gasteiger partial charge on any atom is -0.351 e. The van der Waals surface area contributed by atoms with E-state index in [1.165, 1.54) is 17.4 Å². The Balaban J connectivity index is 1.64. The van der Waals surface area contributed by atoms with Crippen molar-refractivity contribution in [2.75, 3.05) is 18.0 Å². The number of thioether (sulfide) groups is 1. The fourth-order valence-corrected chi connectivity index (χ4v) is 3.71. The van der Waals surface area contributed by atoms with Crippen molar-refractivity contribution in [3.8, 4) is 0 Å². The second kappa shape index (κ2) is 6.74. The third kappa shape index (κ3) is 3.36. The van der Waals surface area contributed by atoms with Gasteiger partial charge in [-0.15, -0.1) is 11.8 Å². The lowest BCUT2D eigenvalue weighted by Gasteiger charge is -2.31. The molecule has 7 heteroatoms. The van der Waals surface area contributed by atoms with Gasteiger partial charge in [-0.1, -0.05) is 18.2 Å². The van der Waals surface area contributed by atoms with Crippen molar-refractivity contribution in [1.29, 1.82) is 0 Å². The van der Waals surface area contributed by atoms with Crippen molar-refractivity contribution in [3.05, 3.63) is 53.0 Å². The van der Waals surface area contributed by atoms with Crippen molar-refractivity contribution in [1.82, 2.24) is 9.97 Å². The van der Waals surface area contributed by atoms with E-state index < -0.39 is 4.92 Å². The monoisotopic (exact) mass is 316 g/mol. The predicted molar refractivity (Wildman–Crippen MR) is 86.2 cm³/mol. The maximum atomic E-state index is 11.1. The van der Waals surface area contributed by atoms with Crippen molar-refractivity contribution in [3.63, 3.8) is 0 Å². The van der Waals surface area contributed by atoms with Crippen molar-refractivity contribution in [2.24, 2.45) is 0 Å². The van der Waals surface area contributed by atoms with Crippen LogP contribution in [0, 0.1) is 10.1 Å². The number of benzene rings is 1. The van der Waals surface area contributed by atoms with E-state index in [0.29, 0.717) is 11.1 Å². The molecule has 2 heterocycles. The zero-order chi connectivity index (χ0) is 15.4. The van der Waals surface area contributed by atoms with E-state index in [4.69, 9.17) is 0 Å². The standard InChI is InChI=1S/C15H16N4O2S/c20-19(21)14-10-16-11-17-15(14)18-8-6-13(7-9-18)22-12-4-2-1-3-5-12/h1-5,10-11,13H,6-9H2. The first-order valence-corrected chi connectivity index (χ1v) is 8.03. The lowest BCUT2D eigenvalue weighted by molar-refractivity contribution is -0.384. The first-order chi connectivity index (χ1) is 10.7. The molecular weight excluding hydrogens is 300 g/mol. The van der Waals surface area contributed by atoms with Gasteiger partial charge < -0.3 is 4.90 Å². The molecule has 22 heavy (non-hydrogen) atoms. The summed E-state index contributed by atoms with van der Waals surface area (Å²) in [4.78, 5) is 21.8. The smallest absolute Gasteiger partial charge is 0.329 e. The molecule has 0 saturated carbocycles. The van der Waals surface area contributed by atoms with Crippen molar-refractivity contribution < 1.29 is 4.92 Å². The van der Waals surface area contributed by atoms with Crippen LogP contribution in [0.5, 0.6) is 0 Å². The maximum Gasteiger partial charge on any atom is 0.329 e. The van der Waals surface area contributed by atoms with Crippen LogP contribution in [0.3, 0.4) is 0 Å². The molecule has 114 valence electrons. The average Bonchev–Trinajstić information content (AvgIpc) is 2.56. The fourth-order valence-electron chi connectivity index (χ4n) is 2.57. The Hall–Kier alpha value is -2.15. The summed E-state index contributed by atoms with van der Waals surface area (Å²) >= 11 is 1.88. The molecule has 1 aromatic heterocycles. The molecule has 0 radical (unpaired) electrons. The van der Waals surface area contributed by atoms with Gasteiger partial charge in [-0.05, 0) is 25.0 Å². The van der Waals surface area contributed by atoms with Crippen LogP contribution in [0.15, 0.2) is 47.8 Å². The molecule has 0 bridgehead atoms. The number of hydrogen-bond donors (Lipinski definition) is 0. The molecule has 3 rings (SSSR count). The Bertz CT molecular complexity index is 645. The summed E-state index contributed by atoms with van der Waals surface area (Å²) in [6, 6.07) is 10.3. The molecule has 1 saturated heterocycles. The van der Waals surface area contributed by atoms with Crippen molar-refractivity contribution >= 4 is 23.3 Å².